The summed E-state index contributed by atoms with van der Waals surface area (Å²) in [4.78, 5) is 51.4. The maximum Gasteiger partial charge on any atom is 0.343 e. The third-order valence-electron chi connectivity index (χ3n) is 10.6. The Kier molecular flexibility index (Phi) is 21.1. The van der Waals surface area contributed by atoms with Crippen molar-refractivity contribution in [2.75, 3.05) is 13.2 Å². The molecular weight excluding hydrogens is 828 g/mol. The van der Waals surface area contributed by atoms with Crippen LogP contribution in [0.2, 0.25) is 0 Å². The van der Waals surface area contributed by atoms with Crippen LogP contribution in [0.4, 0.5) is 4.39 Å². The number of ether oxygens (including phenoxy) is 6. The first-order valence-electron chi connectivity index (χ1n) is 23.1. The number of carbonyl (C=O) groups is 4. The fourth-order valence-electron chi connectivity index (χ4n) is 6.86. The molecule has 5 aromatic rings. The van der Waals surface area contributed by atoms with Gasteiger partial charge in [0.1, 0.15) is 40.3 Å². The van der Waals surface area contributed by atoms with Crippen molar-refractivity contribution in [2.24, 2.45) is 0 Å². The van der Waals surface area contributed by atoms with Crippen molar-refractivity contribution in [2.45, 2.75) is 117 Å². The number of carbonyl (C=O) groups excluding carboxylic acids is 4. The van der Waals surface area contributed by atoms with Gasteiger partial charge in [0.05, 0.1) is 35.5 Å². The summed E-state index contributed by atoms with van der Waals surface area (Å²) in [6.07, 6.45) is 19.5. The number of esters is 4. The predicted octanol–water partition coefficient (Wildman–Crippen LogP) is 13.7. The Balaban J connectivity index is 1.02. The van der Waals surface area contributed by atoms with Gasteiger partial charge >= 0.3 is 23.9 Å². The van der Waals surface area contributed by atoms with Crippen LogP contribution in [0.5, 0.6) is 34.5 Å². The summed E-state index contributed by atoms with van der Waals surface area (Å²) in [7, 11) is 0. The molecule has 0 atom stereocenters. The SMILES string of the molecule is CCCCCCCCCCOc1ccc(C(=O)Oc2ccc(C(=O)Oc3cc(F)cc(OC(=O)c4ccc(OC(=O)c5ccc(OCCCCCCCCCC)cc5)cc4)c3)cc2)cc1. The molecule has 0 N–H and O–H groups in total. The second-order valence-electron chi connectivity index (χ2n) is 15.9. The summed E-state index contributed by atoms with van der Waals surface area (Å²) in [6.45, 7) is 5.67. The first-order chi connectivity index (χ1) is 31.7. The second kappa shape index (κ2) is 27.6. The monoisotopic (exact) mass is 888 g/mol. The molecule has 344 valence electrons. The zero-order valence-electron chi connectivity index (χ0n) is 37.7. The van der Waals surface area contributed by atoms with Crippen LogP contribution in [0.15, 0.2) is 115 Å². The van der Waals surface area contributed by atoms with Crippen molar-refractivity contribution >= 4 is 23.9 Å². The molecule has 0 heterocycles. The van der Waals surface area contributed by atoms with Gasteiger partial charge in [-0.25, -0.2) is 23.6 Å². The molecule has 11 heteroatoms. The van der Waals surface area contributed by atoms with Crippen LogP contribution in [0.25, 0.3) is 0 Å². The summed E-state index contributed by atoms with van der Waals surface area (Å²) in [5.41, 5.74) is 0.866. The summed E-state index contributed by atoms with van der Waals surface area (Å²) in [5, 5.41) is 0. The van der Waals surface area contributed by atoms with Gasteiger partial charge in [0.2, 0.25) is 0 Å². The van der Waals surface area contributed by atoms with Crippen LogP contribution < -0.4 is 28.4 Å². The van der Waals surface area contributed by atoms with E-state index in [2.05, 4.69) is 13.8 Å². The van der Waals surface area contributed by atoms with Gasteiger partial charge in [0.25, 0.3) is 0 Å². The maximum absolute atomic E-state index is 14.6. The Labute approximate surface area is 382 Å². The number of unbranched alkanes of at least 4 members (excludes halogenated alkanes) is 14. The van der Waals surface area contributed by atoms with E-state index < -0.39 is 29.7 Å². The van der Waals surface area contributed by atoms with Gasteiger partial charge < -0.3 is 28.4 Å². The molecule has 5 aromatic carbocycles. The normalized spacial score (nSPS) is 10.8. The van der Waals surface area contributed by atoms with Crippen molar-refractivity contribution in [3.05, 3.63) is 143 Å². The molecule has 65 heavy (non-hydrogen) atoms. The number of benzene rings is 5. The van der Waals surface area contributed by atoms with E-state index in [1.165, 1.54) is 132 Å². The van der Waals surface area contributed by atoms with Crippen molar-refractivity contribution in [3.63, 3.8) is 0 Å². The Morgan fingerprint density at radius 2 is 0.600 bits per heavy atom. The van der Waals surface area contributed by atoms with Crippen molar-refractivity contribution in [3.8, 4) is 34.5 Å². The third kappa shape index (κ3) is 17.9. The Bertz CT molecular complexity index is 2060. The fourth-order valence-corrected chi connectivity index (χ4v) is 6.86. The number of halogens is 1. The van der Waals surface area contributed by atoms with E-state index >= 15 is 0 Å². The van der Waals surface area contributed by atoms with Gasteiger partial charge in [-0.2, -0.15) is 0 Å². The molecule has 0 aliphatic rings. The minimum atomic E-state index is -0.822. The van der Waals surface area contributed by atoms with E-state index in [0.717, 1.165) is 37.8 Å². The van der Waals surface area contributed by atoms with Gasteiger partial charge in [-0.1, -0.05) is 104 Å². The zero-order chi connectivity index (χ0) is 46.1. The summed E-state index contributed by atoms with van der Waals surface area (Å²) < 4.78 is 47.9. The lowest BCUT2D eigenvalue weighted by atomic mass is 10.1. The molecule has 0 spiro atoms. The molecule has 0 amide bonds. The molecule has 0 aromatic heterocycles. The molecule has 0 bridgehead atoms. The molecule has 5 rings (SSSR count). The smallest absolute Gasteiger partial charge is 0.343 e. The lowest BCUT2D eigenvalue weighted by Gasteiger charge is -2.10. The highest BCUT2D eigenvalue weighted by Gasteiger charge is 2.16. The van der Waals surface area contributed by atoms with E-state index in [-0.39, 0.29) is 34.1 Å². The van der Waals surface area contributed by atoms with E-state index in [1.54, 1.807) is 48.5 Å². The Morgan fingerprint density at radius 1 is 0.338 bits per heavy atom. The predicted molar refractivity (Wildman–Crippen MR) is 248 cm³/mol. The van der Waals surface area contributed by atoms with Crippen LogP contribution >= 0.6 is 0 Å². The molecule has 0 saturated heterocycles. The number of hydrogen-bond acceptors (Lipinski definition) is 10. The van der Waals surface area contributed by atoms with Crippen LogP contribution in [0, 0.1) is 5.82 Å². The first-order valence-corrected chi connectivity index (χ1v) is 23.1. The maximum atomic E-state index is 14.6. The average Bonchev–Trinajstić information content (AvgIpc) is 3.31. The standard InChI is InChI=1S/C54H61FO10/c1-3-5-7-9-11-13-15-17-35-60-45-27-19-40(20-28-45)51(56)62-47-31-23-42(24-32-47)53(58)64-49-37-44(55)38-50(39-49)65-54(59)43-25-33-48(34-26-43)63-52(57)41-21-29-46(30-22-41)61-36-18-16-14-12-10-8-6-4-2/h19-34,37-39H,3-18,35-36H2,1-2H3. The molecule has 0 saturated carbocycles. The Morgan fingerprint density at radius 3 is 0.908 bits per heavy atom. The minimum Gasteiger partial charge on any atom is -0.494 e. The molecule has 0 radical (unpaired) electrons. The number of hydrogen-bond donors (Lipinski definition) is 0. The molecule has 0 fully saturated rings. The lowest BCUT2D eigenvalue weighted by molar-refractivity contribution is 0.0722. The summed E-state index contributed by atoms with van der Waals surface area (Å²) in [6, 6.07) is 27.9. The highest BCUT2D eigenvalue weighted by atomic mass is 19.1. The molecule has 0 unspecified atom stereocenters. The van der Waals surface area contributed by atoms with Crippen LogP contribution in [-0.2, 0) is 0 Å². The quantitative estimate of drug-likeness (QED) is 0.0272. The van der Waals surface area contributed by atoms with Gasteiger partial charge in [-0.15, -0.1) is 0 Å². The minimum absolute atomic E-state index is 0.0989. The Hall–Kier alpha value is -6.49. The topological polar surface area (TPSA) is 124 Å². The zero-order valence-corrected chi connectivity index (χ0v) is 37.7. The van der Waals surface area contributed by atoms with Crippen LogP contribution in [0.1, 0.15) is 158 Å². The molecule has 0 aliphatic carbocycles. The average molecular weight is 889 g/mol. The number of rotatable bonds is 28. The fraction of sp³-hybridized carbons (Fsp3) is 0.370. The van der Waals surface area contributed by atoms with E-state index in [1.807, 2.05) is 0 Å². The van der Waals surface area contributed by atoms with Crippen molar-refractivity contribution in [1.82, 2.24) is 0 Å². The van der Waals surface area contributed by atoms with Crippen molar-refractivity contribution in [1.29, 1.82) is 0 Å². The lowest BCUT2D eigenvalue weighted by Crippen LogP contribution is -2.11. The van der Waals surface area contributed by atoms with Gasteiger partial charge in [0, 0.05) is 18.2 Å². The van der Waals surface area contributed by atoms with Crippen LogP contribution in [-0.4, -0.2) is 37.1 Å². The molecule has 0 aliphatic heterocycles. The summed E-state index contributed by atoms with van der Waals surface area (Å²) in [5.74, 6) is -2.27. The highest BCUT2D eigenvalue weighted by Crippen LogP contribution is 2.26. The second-order valence-corrected chi connectivity index (χ2v) is 15.9. The van der Waals surface area contributed by atoms with Gasteiger partial charge in [0.15, 0.2) is 0 Å². The van der Waals surface area contributed by atoms with E-state index in [4.69, 9.17) is 28.4 Å². The van der Waals surface area contributed by atoms with E-state index in [0.29, 0.717) is 35.8 Å². The van der Waals surface area contributed by atoms with E-state index in [9.17, 15) is 23.6 Å². The van der Waals surface area contributed by atoms with Gasteiger partial charge in [-0.05, 0) is 110 Å². The molecule has 10 nitrogen and oxygen atoms in total. The van der Waals surface area contributed by atoms with Gasteiger partial charge in [-0.3, -0.25) is 0 Å². The third-order valence-corrected chi connectivity index (χ3v) is 10.6. The molecular formula is C54H61FO10. The van der Waals surface area contributed by atoms with Crippen molar-refractivity contribution < 1.29 is 52.0 Å². The largest absolute Gasteiger partial charge is 0.494 e. The highest BCUT2D eigenvalue weighted by molar-refractivity contribution is 5.94. The van der Waals surface area contributed by atoms with Crippen LogP contribution in [0.3, 0.4) is 0 Å². The first kappa shape index (κ1) is 49.5. The summed E-state index contributed by atoms with van der Waals surface area (Å²) >= 11 is 0.